The van der Waals surface area contributed by atoms with Crippen LogP contribution >= 0.6 is 0 Å². The minimum Gasteiger partial charge on any atom is -0.474 e. The summed E-state index contributed by atoms with van der Waals surface area (Å²) in [4.78, 5) is 46.5. The minimum atomic E-state index is -1.21. The van der Waals surface area contributed by atoms with E-state index in [0.717, 1.165) is 4.90 Å². The predicted molar refractivity (Wildman–Crippen MR) is 150 cm³/mol. The van der Waals surface area contributed by atoms with E-state index >= 15 is 4.39 Å². The molecular weight excluding hydrogens is 553 g/mol. The highest BCUT2D eigenvalue weighted by atomic mass is 19.1. The van der Waals surface area contributed by atoms with Crippen molar-refractivity contribution in [1.29, 1.82) is 0 Å². The number of halogens is 1. The lowest BCUT2D eigenvalue weighted by Crippen LogP contribution is -2.41. The Balaban J connectivity index is 1.60. The van der Waals surface area contributed by atoms with E-state index in [1.54, 1.807) is 27.7 Å². The second-order valence-corrected chi connectivity index (χ2v) is 11.0. The van der Waals surface area contributed by atoms with E-state index in [-0.39, 0.29) is 52.7 Å². The van der Waals surface area contributed by atoms with Gasteiger partial charge in [-0.2, -0.15) is 0 Å². The van der Waals surface area contributed by atoms with E-state index in [4.69, 9.17) is 14.2 Å². The van der Waals surface area contributed by atoms with Crippen molar-refractivity contribution in [3.05, 3.63) is 35.9 Å². The molecule has 4 N–H and O–H groups in total. The van der Waals surface area contributed by atoms with E-state index in [1.165, 1.54) is 24.5 Å². The average molecular weight is 584 g/mol. The van der Waals surface area contributed by atoms with Crippen LogP contribution in [0.3, 0.4) is 0 Å². The zero-order chi connectivity index (χ0) is 30.3. The molecule has 0 saturated heterocycles. The number of carbonyl (C=O) groups excluding carboxylic acids is 2. The summed E-state index contributed by atoms with van der Waals surface area (Å²) in [5.74, 6) is -0.658. The molecule has 222 valence electrons. The van der Waals surface area contributed by atoms with E-state index in [0.29, 0.717) is 23.8 Å². The number of anilines is 3. The van der Waals surface area contributed by atoms with Gasteiger partial charge in [-0.05, 0) is 63.6 Å². The van der Waals surface area contributed by atoms with Crippen LogP contribution in [0.15, 0.2) is 24.5 Å². The molecule has 2 aliphatic rings. The summed E-state index contributed by atoms with van der Waals surface area (Å²) in [7, 11) is 0. The van der Waals surface area contributed by atoms with Crippen molar-refractivity contribution in [3.8, 4) is 17.0 Å². The molecule has 3 amide bonds. The van der Waals surface area contributed by atoms with Gasteiger partial charge in [0.25, 0.3) is 0 Å². The van der Waals surface area contributed by atoms with Crippen molar-refractivity contribution < 1.29 is 43.2 Å². The number of benzene rings is 1. The van der Waals surface area contributed by atoms with Gasteiger partial charge in [0, 0.05) is 28.9 Å². The van der Waals surface area contributed by atoms with Gasteiger partial charge in [0.05, 0.1) is 18.3 Å². The number of ether oxygens (including phenoxy) is 3. The van der Waals surface area contributed by atoms with Gasteiger partial charge in [-0.15, -0.1) is 0 Å². The van der Waals surface area contributed by atoms with Crippen LogP contribution in [0.1, 0.15) is 39.2 Å². The Labute approximate surface area is 239 Å². The SMILES string of the molecule is Cc1c(-c2cc3cc(NC(=O)OC4CCC4O)ncc3c(NC(=O)OC(C)(C)C)c2F)cnc2c1N(C(=O)O)CCO2. The normalized spacial score (nSPS) is 17.9. The Morgan fingerprint density at radius 2 is 1.86 bits per heavy atom. The summed E-state index contributed by atoms with van der Waals surface area (Å²) in [6.07, 6.45) is -0.534. The van der Waals surface area contributed by atoms with Crippen LogP contribution in [-0.2, 0) is 9.47 Å². The highest BCUT2D eigenvalue weighted by Gasteiger charge is 2.33. The first kappa shape index (κ1) is 28.8. The van der Waals surface area contributed by atoms with Gasteiger partial charge in [-0.1, -0.05) is 0 Å². The zero-order valence-corrected chi connectivity index (χ0v) is 23.4. The Hall–Kier alpha value is -4.72. The molecule has 5 rings (SSSR count). The van der Waals surface area contributed by atoms with Gasteiger partial charge in [-0.3, -0.25) is 15.5 Å². The summed E-state index contributed by atoms with van der Waals surface area (Å²) in [5.41, 5.74) is -0.281. The second kappa shape index (κ2) is 10.9. The third-order valence-corrected chi connectivity index (χ3v) is 6.87. The van der Waals surface area contributed by atoms with Crippen molar-refractivity contribution in [1.82, 2.24) is 9.97 Å². The Bertz CT molecular complexity index is 1590. The first-order chi connectivity index (χ1) is 19.8. The third kappa shape index (κ3) is 5.70. The number of pyridine rings is 2. The number of hydrogen-bond donors (Lipinski definition) is 4. The van der Waals surface area contributed by atoms with Crippen LogP contribution in [0.4, 0.5) is 36.0 Å². The molecule has 2 unspecified atom stereocenters. The van der Waals surface area contributed by atoms with E-state index in [1.807, 2.05) is 0 Å². The summed E-state index contributed by atoms with van der Waals surface area (Å²) >= 11 is 0. The topological polar surface area (TPSA) is 172 Å². The summed E-state index contributed by atoms with van der Waals surface area (Å²) < 4.78 is 32.4. The monoisotopic (exact) mass is 583 g/mol. The van der Waals surface area contributed by atoms with E-state index in [9.17, 15) is 24.6 Å². The third-order valence-electron chi connectivity index (χ3n) is 6.87. The molecule has 14 heteroatoms. The van der Waals surface area contributed by atoms with Crippen molar-refractivity contribution in [2.24, 2.45) is 0 Å². The highest BCUT2D eigenvalue weighted by Crippen LogP contribution is 2.42. The maximum Gasteiger partial charge on any atom is 0.413 e. The summed E-state index contributed by atoms with van der Waals surface area (Å²) in [6, 6.07) is 2.94. The lowest BCUT2D eigenvalue weighted by molar-refractivity contribution is -0.0561. The Kier molecular flexibility index (Phi) is 7.49. The average Bonchev–Trinajstić information content (AvgIpc) is 2.91. The molecule has 0 spiro atoms. The molecule has 42 heavy (non-hydrogen) atoms. The van der Waals surface area contributed by atoms with Gasteiger partial charge in [0.15, 0.2) is 5.82 Å². The molecule has 1 saturated carbocycles. The van der Waals surface area contributed by atoms with Crippen LogP contribution < -0.4 is 20.3 Å². The molecule has 0 radical (unpaired) electrons. The Morgan fingerprint density at radius 1 is 1.10 bits per heavy atom. The molecular formula is C28H30FN5O8. The molecule has 1 aromatic carbocycles. The Morgan fingerprint density at radius 3 is 2.50 bits per heavy atom. The fourth-order valence-electron chi connectivity index (χ4n) is 4.72. The lowest BCUT2D eigenvalue weighted by Gasteiger charge is -2.31. The number of carboxylic acid groups (broad SMARTS) is 1. The maximum atomic E-state index is 16.3. The number of aromatic nitrogens is 2. The van der Waals surface area contributed by atoms with Gasteiger partial charge < -0.3 is 24.4 Å². The molecule has 3 aromatic rings. The quantitative estimate of drug-likeness (QED) is 0.326. The smallest absolute Gasteiger partial charge is 0.413 e. The predicted octanol–water partition coefficient (Wildman–Crippen LogP) is 5.04. The number of aliphatic hydroxyl groups excluding tert-OH is 1. The molecule has 1 aliphatic heterocycles. The molecule has 1 aliphatic carbocycles. The standard InChI is InChI=1S/C28H30FN5O8/c1-13-16(11-31-24-23(13)34(27(38)39)7-8-40-24)15-9-14-10-20(32-25(36)41-19-6-5-18(19)35)30-12-17(14)22(21(15)29)33-26(37)42-28(2,3)4/h9-12,18-19,35H,5-8H2,1-4H3,(H,33,37)(H,38,39)(H,30,32,36). The van der Waals surface area contributed by atoms with Crippen LogP contribution in [-0.4, -0.2) is 69.4 Å². The number of nitrogens with zero attached hydrogens (tertiary/aromatic N) is 3. The van der Waals surface area contributed by atoms with Crippen LogP contribution in [0, 0.1) is 12.7 Å². The van der Waals surface area contributed by atoms with Crippen molar-refractivity contribution >= 4 is 46.2 Å². The molecule has 2 aromatic heterocycles. The zero-order valence-electron chi connectivity index (χ0n) is 23.4. The molecule has 1 fully saturated rings. The number of nitrogens with one attached hydrogen (secondary N) is 2. The van der Waals surface area contributed by atoms with E-state index < -0.39 is 41.9 Å². The van der Waals surface area contributed by atoms with Gasteiger partial charge >= 0.3 is 18.3 Å². The number of aliphatic hydroxyl groups is 1. The molecule has 13 nitrogen and oxygen atoms in total. The van der Waals surface area contributed by atoms with Crippen LogP contribution in [0.5, 0.6) is 5.88 Å². The number of hydrogen-bond acceptors (Lipinski definition) is 9. The molecule has 0 bridgehead atoms. The van der Waals surface area contributed by atoms with E-state index in [2.05, 4.69) is 20.6 Å². The summed E-state index contributed by atoms with van der Waals surface area (Å²) in [5, 5.41) is 25.0. The van der Waals surface area contributed by atoms with Crippen LogP contribution in [0.2, 0.25) is 0 Å². The highest BCUT2D eigenvalue weighted by molar-refractivity contribution is 6.04. The van der Waals surface area contributed by atoms with Crippen LogP contribution in [0.25, 0.3) is 21.9 Å². The summed E-state index contributed by atoms with van der Waals surface area (Å²) in [6.45, 7) is 6.79. The maximum absolute atomic E-state index is 16.3. The number of rotatable bonds is 4. The first-order valence-corrected chi connectivity index (χ1v) is 13.2. The van der Waals surface area contributed by atoms with Crippen molar-refractivity contribution in [2.75, 3.05) is 28.7 Å². The fraction of sp³-hybridized carbons (Fsp3) is 0.393. The minimum absolute atomic E-state index is 0.00501. The van der Waals surface area contributed by atoms with Gasteiger partial charge in [0.2, 0.25) is 5.88 Å². The van der Waals surface area contributed by atoms with Crippen molar-refractivity contribution in [3.63, 3.8) is 0 Å². The fourth-order valence-corrected chi connectivity index (χ4v) is 4.72. The van der Waals surface area contributed by atoms with Crippen molar-refractivity contribution in [2.45, 2.75) is 58.3 Å². The largest absolute Gasteiger partial charge is 0.474 e. The molecule has 2 atom stereocenters. The van der Waals surface area contributed by atoms with Gasteiger partial charge in [-0.25, -0.2) is 28.7 Å². The van der Waals surface area contributed by atoms with Gasteiger partial charge in [0.1, 0.15) is 29.8 Å². The second-order valence-electron chi connectivity index (χ2n) is 11.0. The first-order valence-electron chi connectivity index (χ1n) is 13.2. The number of carbonyl (C=O) groups is 3. The number of amides is 3. The molecule has 3 heterocycles. The number of fused-ring (bicyclic) bond motifs is 2. The lowest BCUT2D eigenvalue weighted by atomic mass is 9.92.